The zero-order chi connectivity index (χ0) is 22.4. The molecule has 0 atom stereocenters. The number of fused-ring (bicyclic) bond motifs is 2. The van der Waals surface area contributed by atoms with Crippen molar-refractivity contribution >= 4 is 16.6 Å². The van der Waals surface area contributed by atoms with E-state index in [2.05, 4.69) is 38.7 Å². The number of phenols is 1. The molecule has 1 aliphatic rings. The minimum absolute atomic E-state index is 0.101. The number of benzene rings is 3. The first-order chi connectivity index (χ1) is 16.2. The second-order valence-corrected chi connectivity index (χ2v) is 8.06. The summed E-state index contributed by atoms with van der Waals surface area (Å²) in [6.45, 7) is 0.653. The zero-order valence-corrected chi connectivity index (χ0v) is 17.5. The number of hydrogen-bond acceptors (Lipinski definition) is 4. The number of nitrogens with one attached hydrogen (secondary N) is 2. The van der Waals surface area contributed by atoms with Gasteiger partial charge in [-0.1, -0.05) is 30.3 Å². The fourth-order valence-electron chi connectivity index (χ4n) is 4.40. The Labute approximate surface area is 189 Å². The van der Waals surface area contributed by atoms with E-state index in [-0.39, 0.29) is 5.75 Å². The summed E-state index contributed by atoms with van der Waals surface area (Å²) in [5, 5.41) is 15.4. The molecule has 3 N–H and O–H groups in total. The maximum atomic E-state index is 14.0. The molecular weight excluding hydrogens is 415 g/mol. The quantitative estimate of drug-likeness (QED) is 0.346. The topological polar surface area (TPSA) is 73.3 Å². The molecule has 0 bridgehead atoms. The average Bonchev–Trinajstić information content (AvgIpc) is 3.27. The van der Waals surface area contributed by atoms with E-state index in [0.717, 1.165) is 56.2 Å². The second kappa shape index (κ2) is 7.60. The van der Waals surface area contributed by atoms with Crippen LogP contribution in [0.25, 0.3) is 33.2 Å². The van der Waals surface area contributed by atoms with Gasteiger partial charge in [0.05, 0.1) is 12.2 Å². The molecular formula is C27H19FN4O. The van der Waals surface area contributed by atoms with E-state index < -0.39 is 5.82 Å². The second-order valence-electron chi connectivity index (χ2n) is 8.06. The van der Waals surface area contributed by atoms with Crippen LogP contribution in [0.4, 0.5) is 4.39 Å². The van der Waals surface area contributed by atoms with Crippen LogP contribution in [-0.2, 0) is 6.54 Å². The SMILES string of the molecule is Oc1cc(F)cc(-c2cccc3[nH]c(C4=NNCc5ccc(-c6cccnc6)cc54)cc23)c1. The van der Waals surface area contributed by atoms with Gasteiger partial charge in [-0.3, -0.25) is 4.98 Å². The molecule has 33 heavy (non-hydrogen) atoms. The van der Waals surface area contributed by atoms with E-state index in [0.29, 0.717) is 12.1 Å². The van der Waals surface area contributed by atoms with Gasteiger partial charge in [0.1, 0.15) is 17.3 Å². The number of halogens is 1. The monoisotopic (exact) mass is 434 g/mol. The highest BCUT2D eigenvalue weighted by molar-refractivity contribution is 6.16. The van der Waals surface area contributed by atoms with Gasteiger partial charge in [-0.05, 0) is 58.7 Å². The Hall–Kier alpha value is -4.45. The summed E-state index contributed by atoms with van der Waals surface area (Å²) in [4.78, 5) is 7.70. The van der Waals surface area contributed by atoms with Crippen molar-refractivity contribution in [3.05, 3.63) is 108 Å². The van der Waals surface area contributed by atoms with E-state index in [1.54, 1.807) is 12.3 Å². The summed E-state index contributed by atoms with van der Waals surface area (Å²) in [6.07, 6.45) is 3.61. The number of hydrogen-bond donors (Lipinski definition) is 3. The minimum Gasteiger partial charge on any atom is -0.508 e. The molecule has 0 amide bonds. The summed E-state index contributed by atoms with van der Waals surface area (Å²) in [7, 11) is 0. The van der Waals surface area contributed by atoms with Gasteiger partial charge in [-0.2, -0.15) is 5.10 Å². The van der Waals surface area contributed by atoms with Crippen molar-refractivity contribution in [1.29, 1.82) is 0 Å². The largest absolute Gasteiger partial charge is 0.508 e. The smallest absolute Gasteiger partial charge is 0.127 e. The number of rotatable bonds is 3. The van der Waals surface area contributed by atoms with Crippen LogP contribution in [-0.4, -0.2) is 20.8 Å². The van der Waals surface area contributed by atoms with Gasteiger partial charge in [0.25, 0.3) is 0 Å². The number of pyridine rings is 1. The predicted molar refractivity (Wildman–Crippen MR) is 128 cm³/mol. The van der Waals surface area contributed by atoms with Crippen molar-refractivity contribution < 1.29 is 9.50 Å². The molecule has 5 nitrogen and oxygen atoms in total. The van der Waals surface area contributed by atoms with Crippen LogP contribution in [0.5, 0.6) is 5.75 Å². The van der Waals surface area contributed by atoms with Crippen LogP contribution in [0.3, 0.4) is 0 Å². The molecule has 6 heteroatoms. The van der Waals surface area contributed by atoms with E-state index in [1.807, 2.05) is 42.6 Å². The fraction of sp³-hybridized carbons (Fsp3) is 0.0370. The maximum Gasteiger partial charge on any atom is 0.127 e. The maximum absolute atomic E-state index is 14.0. The van der Waals surface area contributed by atoms with Gasteiger partial charge in [-0.25, -0.2) is 4.39 Å². The average molecular weight is 434 g/mol. The van der Waals surface area contributed by atoms with Gasteiger partial charge < -0.3 is 15.5 Å². The third kappa shape index (κ3) is 3.42. The first-order valence-electron chi connectivity index (χ1n) is 10.6. The predicted octanol–water partition coefficient (Wildman–Crippen LogP) is 5.60. The van der Waals surface area contributed by atoms with Crippen molar-refractivity contribution in [2.75, 3.05) is 0 Å². The van der Waals surface area contributed by atoms with Crippen molar-refractivity contribution in [2.45, 2.75) is 6.54 Å². The van der Waals surface area contributed by atoms with E-state index in [4.69, 9.17) is 0 Å². The van der Waals surface area contributed by atoms with Crippen LogP contribution >= 0.6 is 0 Å². The standard InChI is InChI=1S/C27H19FN4O/c28-20-9-19(10-21(33)12-20)22-4-1-5-25-24(22)13-26(31-25)27-23-11-16(17-3-2-8-29-14-17)6-7-18(23)15-30-32-27/h1-14,30-31,33H,15H2. The highest BCUT2D eigenvalue weighted by Gasteiger charge is 2.20. The Bertz CT molecular complexity index is 1520. The van der Waals surface area contributed by atoms with Crippen LogP contribution in [0.1, 0.15) is 16.8 Å². The summed E-state index contributed by atoms with van der Waals surface area (Å²) in [6, 6.07) is 22.3. The molecule has 0 fully saturated rings. The zero-order valence-electron chi connectivity index (χ0n) is 17.5. The lowest BCUT2D eigenvalue weighted by atomic mass is 9.94. The molecule has 0 saturated carbocycles. The van der Waals surface area contributed by atoms with Crippen LogP contribution in [0.2, 0.25) is 0 Å². The highest BCUT2D eigenvalue weighted by Crippen LogP contribution is 2.33. The van der Waals surface area contributed by atoms with E-state index in [9.17, 15) is 9.50 Å². The molecule has 3 heterocycles. The molecule has 0 radical (unpaired) electrons. The molecule has 160 valence electrons. The molecule has 6 rings (SSSR count). The van der Waals surface area contributed by atoms with Crippen molar-refractivity contribution in [3.63, 3.8) is 0 Å². The number of nitrogens with zero attached hydrogens (tertiary/aromatic N) is 2. The Morgan fingerprint density at radius 1 is 0.848 bits per heavy atom. The first-order valence-corrected chi connectivity index (χ1v) is 10.6. The first kappa shape index (κ1) is 19.3. The normalized spacial score (nSPS) is 12.8. The van der Waals surface area contributed by atoms with Crippen LogP contribution in [0, 0.1) is 5.82 Å². The third-order valence-electron chi connectivity index (χ3n) is 5.93. The number of phenolic OH excluding ortho intramolecular Hbond substituents is 1. The summed E-state index contributed by atoms with van der Waals surface area (Å²) in [5.41, 5.74) is 11.5. The molecule has 0 spiro atoms. The molecule has 3 aromatic carbocycles. The van der Waals surface area contributed by atoms with E-state index >= 15 is 0 Å². The number of aromatic hydroxyl groups is 1. The van der Waals surface area contributed by atoms with Crippen LogP contribution < -0.4 is 5.43 Å². The van der Waals surface area contributed by atoms with Gasteiger partial charge in [0.15, 0.2) is 0 Å². The lowest BCUT2D eigenvalue weighted by molar-refractivity contribution is 0.469. The van der Waals surface area contributed by atoms with Crippen molar-refractivity contribution in [3.8, 4) is 28.0 Å². The van der Waals surface area contributed by atoms with Gasteiger partial charge >= 0.3 is 0 Å². The van der Waals surface area contributed by atoms with Gasteiger partial charge in [0.2, 0.25) is 0 Å². The Balaban J connectivity index is 1.48. The summed E-state index contributed by atoms with van der Waals surface area (Å²) >= 11 is 0. The van der Waals surface area contributed by atoms with Gasteiger partial charge in [-0.15, -0.1) is 0 Å². The summed E-state index contributed by atoms with van der Waals surface area (Å²) < 4.78 is 14.0. The molecule has 0 aliphatic carbocycles. The number of hydrazone groups is 1. The number of aromatic amines is 1. The minimum atomic E-state index is -0.476. The van der Waals surface area contributed by atoms with E-state index in [1.165, 1.54) is 6.07 Å². The van der Waals surface area contributed by atoms with Crippen LogP contribution in [0.15, 0.2) is 90.3 Å². The summed E-state index contributed by atoms with van der Waals surface area (Å²) in [5.74, 6) is -0.578. The fourth-order valence-corrected chi connectivity index (χ4v) is 4.40. The molecule has 5 aromatic rings. The molecule has 0 unspecified atom stereocenters. The van der Waals surface area contributed by atoms with Crippen molar-refractivity contribution in [1.82, 2.24) is 15.4 Å². The lowest BCUT2D eigenvalue weighted by Gasteiger charge is -2.18. The Kier molecular flexibility index (Phi) is 4.43. The van der Waals surface area contributed by atoms with Gasteiger partial charge in [0, 0.05) is 40.5 Å². The molecule has 1 aliphatic heterocycles. The molecule has 2 aromatic heterocycles. The lowest BCUT2D eigenvalue weighted by Crippen LogP contribution is -2.21. The van der Waals surface area contributed by atoms with Crippen molar-refractivity contribution in [2.24, 2.45) is 5.10 Å². The third-order valence-corrected chi connectivity index (χ3v) is 5.93. The molecule has 0 saturated heterocycles. The Morgan fingerprint density at radius 2 is 1.79 bits per heavy atom. The number of aromatic nitrogens is 2. The number of H-pyrrole nitrogens is 1. The highest BCUT2D eigenvalue weighted by atomic mass is 19.1. The Morgan fingerprint density at radius 3 is 2.64 bits per heavy atom.